The van der Waals surface area contributed by atoms with Gasteiger partial charge in [0, 0.05) is 26.2 Å². The fourth-order valence-corrected chi connectivity index (χ4v) is 2.45. The van der Waals surface area contributed by atoms with E-state index in [0.717, 1.165) is 18.7 Å². The molecule has 0 unspecified atom stereocenters. The van der Waals surface area contributed by atoms with E-state index >= 15 is 0 Å². The van der Waals surface area contributed by atoms with Crippen LogP contribution < -0.4 is 5.73 Å². The van der Waals surface area contributed by atoms with Crippen LogP contribution in [-0.4, -0.2) is 54.5 Å². The Hall–Kier alpha value is -1.83. The fourth-order valence-electron chi connectivity index (χ4n) is 2.45. The van der Waals surface area contributed by atoms with Crippen LogP contribution in [0.3, 0.4) is 0 Å². The van der Waals surface area contributed by atoms with E-state index in [1.54, 1.807) is 0 Å². The van der Waals surface area contributed by atoms with Crippen molar-refractivity contribution in [1.82, 2.24) is 9.80 Å². The molecular formula is C16H21N3O. The molecule has 20 heavy (non-hydrogen) atoms. The van der Waals surface area contributed by atoms with Gasteiger partial charge in [0.05, 0.1) is 12.6 Å². The van der Waals surface area contributed by atoms with Gasteiger partial charge in [0.2, 0.25) is 5.91 Å². The van der Waals surface area contributed by atoms with Crippen molar-refractivity contribution in [2.75, 3.05) is 32.7 Å². The van der Waals surface area contributed by atoms with E-state index in [2.05, 4.69) is 10.8 Å². The van der Waals surface area contributed by atoms with Gasteiger partial charge < -0.3 is 10.6 Å². The number of nitrogens with two attached hydrogens (primary N) is 1. The second kappa shape index (κ2) is 7.09. The van der Waals surface area contributed by atoms with Gasteiger partial charge in [0.1, 0.15) is 0 Å². The van der Waals surface area contributed by atoms with Gasteiger partial charge in [-0.2, -0.15) is 0 Å². The highest BCUT2D eigenvalue weighted by molar-refractivity contribution is 5.82. The van der Waals surface area contributed by atoms with E-state index in [0.29, 0.717) is 26.1 Å². The number of nitrogens with zero attached hydrogens (tertiary/aromatic N) is 2. The monoisotopic (exact) mass is 271 g/mol. The van der Waals surface area contributed by atoms with Crippen LogP contribution in [0.25, 0.3) is 0 Å². The van der Waals surface area contributed by atoms with Crippen molar-refractivity contribution in [3.63, 3.8) is 0 Å². The zero-order valence-corrected chi connectivity index (χ0v) is 11.7. The molecule has 106 valence electrons. The number of benzene rings is 1. The first-order valence-electron chi connectivity index (χ1n) is 6.95. The standard InChI is InChI=1S/C16H21N3O/c1-2-8-18-9-11-19(12-10-18)16(20)15(17)13-14-6-4-3-5-7-14/h1,3-7,15H,8-13,17H2/t15-/m1/s1. The van der Waals surface area contributed by atoms with Gasteiger partial charge in [-0.05, 0) is 12.0 Å². The van der Waals surface area contributed by atoms with Gasteiger partial charge in [-0.25, -0.2) is 0 Å². The average Bonchev–Trinajstić information content (AvgIpc) is 2.48. The summed E-state index contributed by atoms with van der Waals surface area (Å²) < 4.78 is 0. The minimum Gasteiger partial charge on any atom is -0.339 e. The highest BCUT2D eigenvalue weighted by Gasteiger charge is 2.24. The molecule has 0 bridgehead atoms. The van der Waals surface area contributed by atoms with Crippen LogP contribution in [0.15, 0.2) is 30.3 Å². The third-order valence-electron chi connectivity index (χ3n) is 3.61. The lowest BCUT2D eigenvalue weighted by Crippen LogP contribution is -2.53. The minimum absolute atomic E-state index is 0.0363. The second-order valence-electron chi connectivity index (χ2n) is 5.10. The molecule has 1 aliphatic heterocycles. The first kappa shape index (κ1) is 14.6. The molecule has 1 saturated heterocycles. The molecule has 1 aromatic rings. The van der Waals surface area contributed by atoms with Crippen molar-refractivity contribution in [1.29, 1.82) is 0 Å². The zero-order valence-electron chi connectivity index (χ0n) is 11.7. The predicted octanol–water partition coefficient (Wildman–Crippen LogP) is 0.334. The minimum atomic E-state index is -0.461. The van der Waals surface area contributed by atoms with Crippen molar-refractivity contribution in [2.45, 2.75) is 12.5 Å². The Kier molecular flexibility index (Phi) is 5.16. The van der Waals surface area contributed by atoms with Gasteiger partial charge in [0.15, 0.2) is 0 Å². The number of piperazine rings is 1. The summed E-state index contributed by atoms with van der Waals surface area (Å²) >= 11 is 0. The van der Waals surface area contributed by atoms with Crippen LogP contribution in [0.1, 0.15) is 5.56 Å². The molecule has 0 radical (unpaired) electrons. The highest BCUT2D eigenvalue weighted by Crippen LogP contribution is 2.07. The Labute approximate surface area is 120 Å². The summed E-state index contributed by atoms with van der Waals surface area (Å²) in [7, 11) is 0. The molecule has 0 aromatic heterocycles. The summed E-state index contributed by atoms with van der Waals surface area (Å²) in [5, 5.41) is 0. The van der Waals surface area contributed by atoms with Crippen LogP contribution in [0.4, 0.5) is 0 Å². The largest absolute Gasteiger partial charge is 0.339 e. The number of hydrogen-bond acceptors (Lipinski definition) is 3. The molecule has 1 amide bonds. The Morgan fingerprint density at radius 1 is 1.25 bits per heavy atom. The Morgan fingerprint density at radius 2 is 1.90 bits per heavy atom. The van der Waals surface area contributed by atoms with Gasteiger partial charge >= 0.3 is 0 Å². The van der Waals surface area contributed by atoms with Crippen LogP contribution in [-0.2, 0) is 11.2 Å². The van der Waals surface area contributed by atoms with Gasteiger partial charge in [-0.15, -0.1) is 6.42 Å². The lowest BCUT2D eigenvalue weighted by Gasteiger charge is -2.35. The predicted molar refractivity (Wildman–Crippen MR) is 80.0 cm³/mol. The molecule has 1 aromatic carbocycles. The average molecular weight is 271 g/mol. The Morgan fingerprint density at radius 3 is 2.50 bits per heavy atom. The molecule has 1 atom stereocenters. The van der Waals surface area contributed by atoms with E-state index < -0.39 is 6.04 Å². The number of amides is 1. The summed E-state index contributed by atoms with van der Waals surface area (Å²) in [4.78, 5) is 16.3. The molecule has 1 fully saturated rings. The summed E-state index contributed by atoms with van der Waals surface area (Å²) in [6, 6.07) is 9.42. The second-order valence-corrected chi connectivity index (χ2v) is 5.10. The maximum atomic E-state index is 12.3. The van der Waals surface area contributed by atoms with E-state index in [4.69, 9.17) is 12.2 Å². The lowest BCUT2D eigenvalue weighted by molar-refractivity contribution is -0.134. The molecule has 4 heteroatoms. The molecule has 1 aliphatic rings. The fraction of sp³-hybridized carbons (Fsp3) is 0.438. The van der Waals surface area contributed by atoms with Crippen LogP contribution >= 0.6 is 0 Å². The van der Waals surface area contributed by atoms with E-state index in [1.807, 2.05) is 35.2 Å². The van der Waals surface area contributed by atoms with E-state index in [-0.39, 0.29) is 5.91 Å². The first-order valence-corrected chi connectivity index (χ1v) is 6.95. The summed E-state index contributed by atoms with van der Waals surface area (Å²) in [6.07, 6.45) is 5.88. The van der Waals surface area contributed by atoms with E-state index in [9.17, 15) is 4.79 Å². The van der Waals surface area contributed by atoms with Crippen molar-refractivity contribution in [3.8, 4) is 12.3 Å². The number of terminal acetylenes is 1. The van der Waals surface area contributed by atoms with Crippen molar-refractivity contribution in [3.05, 3.63) is 35.9 Å². The third kappa shape index (κ3) is 3.83. The van der Waals surface area contributed by atoms with Gasteiger partial charge in [-0.1, -0.05) is 36.3 Å². The van der Waals surface area contributed by atoms with Gasteiger partial charge in [-0.3, -0.25) is 9.69 Å². The normalized spacial score (nSPS) is 17.5. The summed E-state index contributed by atoms with van der Waals surface area (Å²) in [5.74, 6) is 2.67. The zero-order chi connectivity index (χ0) is 14.4. The first-order chi connectivity index (χ1) is 9.70. The summed E-state index contributed by atoms with van der Waals surface area (Å²) in [6.45, 7) is 3.73. The molecule has 0 saturated carbocycles. The Bertz CT molecular complexity index is 472. The van der Waals surface area contributed by atoms with Crippen LogP contribution in [0.5, 0.6) is 0 Å². The topological polar surface area (TPSA) is 49.6 Å². The molecule has 4 nitrogen and oxygen atoms in total. The molecular weight excluding hydrogens is 250 g/mol. The molecule has 2 N–H and O–H groups in total. The smallest absolute Gasteiger partial charge is 0.239 e. The number of rotatable bonds is 4. The number of carbonyl (C=O) groups is 1. The molecule has 0 spiro atoms. The number of hydrogen-bond donors (Lipinski definition) is 1. The Balaban J connectivity index is 1.84. The van der Waals surface area contributed by atoms with Crippen molar-refractivity contribution < 1.29 is 4.79 Å². The van der Waals surface area contributed by atoms with Crippen molar-refractivity contribution >= 4 is 5.91 Å². The van der Waals surface area contributed by atoms with E-state index in [1.165, 1.54) is 0 Å². The van der Waals surface area contributed by atoms with Crippen molar-refractivity contribution in [2.24, 2.45) is 5.73 Å². The third-order valence-corrected chi connectivity index (χ3v) is 3.61. The molecule has 0 aliphatic carbocycles. The van der Waals surface area contributed by atoms with Crippen LogP contribution in [0.2, 0.25) is 0 Å². The number of carbonyl (C=O) groups excluding carboxylic acids is 1. The maximum Gasteiger partial charge on any atom is 0.239 e. The highest BCUT2D eigenvalue weighted by atomic mass is 16.2. The maximum absolute atomic E-state index is 12.3. The quantitative estimate of drug-likeness (QED) is 0.803. The van der Waals surface area contributed by atoms with Gasteiger partial charge in [0.25, 0.3) is 0 Å². The lowest BCUT2D eigenvalue weighted by atomic mass is 10.1. The molecule has 1 heterocycles. The SMILES string of the molecule is C#CCN1CCN(C(=O)[C@H](N)Cc2ccccc2)CC1. The molecule has 2 rings (SSSR count). The van der Waals surface area contributed by atoms with Crippen LogP contribution in [0, 0.1) is 12.3 Å². The summed E-state index contributed by atoms with van der Waals surface area (Å²) in [5.41, 5.74) is 7.13.